The minimum absolute atomic E-state index is 0.0125. The molecule has 0 aliphatic carbocycles. The molecule has 2 fully saturated rings. The van der Waals surface area contributed by atoms with Gasteiger partial charge in [-0.15, -0.1) is 0 Å². The molecule has 1 N–H and O–H groups in total. The number of hydrogen-bond donors (Lipinski definition) is 1. The lowest BCUT2D eigenvalue weighted by atomic mass is 9.91. The molecule has 206 valence electrons. The van der Waals surface area contributed by atoms with Crippen molar-refractivity contribution in [3.05, 3.63) is 64.7 Å². The molecular formula is C30H42ClN5O2. The van der Waals surface area contributed by atoms with Crippen LogP contribution in [0.25, 0.3) is 0 Å². The van der Waals surface area contributed by atoms with Crippen molar-refractivity contribution in [1.82, 2.24) is 20.0 Å². The molecular weight excluding hydrogens is 498 g/mol. The largest absolute Gasteiger partial charge is 0.368 e. The van der Waals surface area contributed by atoms with E-state index in [1.165, 1.54) is 11.3 Å². The highest BCUT2D eigenvalue weighted by atomic mass is 35.5. The number of amides is 2. The Bertz CT molecular complexity index is 1100. The molecule has 0 spiro atoms. The smallest absolute Gasteiger partial charge is 0.245 e. The lowest BCUT2D eigenvalue weighted by Crippen LogP contribution is -2.62. The van der Waals surface area contributed by atoms with Gasteiger partial charge >= 0.3 is 0 Å². The van der Waals surface area contributed by atoms with Crippen LogP contribution < -0.4 is 10.2 Å². The van der Waals surface area contributed by atoms with Crippen LogP contribution in [0.1, 0.15) is 31.9 Å². The lowest BCUT2D eigenvalue weighted by Gasteiger charge is -2.47. The van der Waals surface area contributed by atoms with Gasteiger partial charge in [-0.25, -0.2) is 0 Å². The maximum absolute atomic E-state index is 13.8. The first-order chi connectivity index (χ1) is 18.0. The third-order valence-corrected chi connectivity index (χ3v) is 7.83. The summed E-state index contributed by atoms with van der Waals surface area (Å²) in [5.74, 6) is -0.129. The van der Waals surface area contributed by atoms with Gasteiger partial charge in [-0.3, -0.25) is 14.5 Å². The molecule has 0 unspecified atom stereocenters. The van der Waals surface area contributed by atoms with Crippen LogP contribution >= 0.6 is 11.6 Å². The quantitative estimate of drug-likeness (QED) is 0.556. The van der Waals surface area contributed by atoms with Crippen LogP contribution in [0.3, 0.4) is 0 Å². The van der Waals surface area contributed by atoms with Gasteiger partial charge in [0.05, 0.1) is 5.92 Å². The second kappa shape index (κ2) is 12.1. The fourth-order valence-corrected chi connectivity index (χ4v) is 5.35. The Labute approximate surface area is 232 Å². The van der Waals surface area contributed by atoms with Gasteiger partial charge in [0, 0.05) is 68.5 Å². The number of nitrogens with zero attached hydrogens (tertiary/aromatic N) is 4. The van der Waals surface area contributed by atoms with Crippen molar-refractivity contribution in [2.75, 3.05) is 58.3 Å². The average molecular weight is 540 g/mol. The Balaban J connectivity index is 1.42. The van der Waals surface area contributed by atoms with E-state index in [4.69, 9.17) is 11.6 Å². The molecule has 2 saturated heterocycles. The number of benzene rings is 2. The molecule has 38 heavy (non-hydrogen) atoms. The van der Waals surface area contributed by atoms with E-state index in [0.29, 0.717) is 24.5 Å². The average Bonchev–Trinajstić information content (AvgIpc) is 2.83. The van der Waals surface area contributed by atoms with E-state index in [0.717, 1.165) is 38.3 Å². The van der Waals surface area contributed by atoms with Gasteiger partial charge in [-0.2, -0.15) is 0 Å². The summed E-state index contributed by atoms with van der Waals surface area (Å²) < 4.78 is 0. The first-order valence-corrected chi connectivity index (χ1v) is 14.0. The van der Waals surface area contributed by atoms with E-state index in [1.54, 1.807) is 0 Å². The fourth-order valence-electron chi connectivity index (χ4n) is 5.22. The number of halogens is 1. The molecule has 4 rings (SSSR count). The third-order valence-electron chi connectivity index (χ3n) is 7.58. The van der Waals surface area contributed by atoms with Crippen molar-refractivity contribution in [2.24, 2.45) is 5.92 Å². The molecule has 2 amide bonds. The van der Waals surface area contributed by atoms with Gasteiger partial charge < -0.3 is 20.0 Å². The van der Waals surface area contributed by atoms with Crippen LogP contribution in [0.2, 0.25) is 5.02 Å². The Kier molecular flexibility index (Phi) is 9.01. The minimum Gasteiger partial charge on any atom is -0.368 e. The number of carbonyl (C=O) groups excluding carboxylic acids is 2. The molecule has 2 aromatic carbocycles. The second-order valence-corrected chi connectivity index (χ2v) is 12.3. The summed E-state index contributed by atoms with van der Waals surface area (Å²) in [5.41, 5.74) is 3.54. The summed E-state index contributed by atoms with van der Waals surface area (Å²) in [5, 5.41) is 3.77. The molecule has 1 atom stereocenters. The van der Waals surface area contributed by atoms with Crippen molar-refractivity contribution in [2.45, 2.75) is 45.3 Å². The van der Waals surface area contributed by atoms with Crippen molar-refractivity contribution in [3.8, 4) is 0 Å². The van der Waals surface area contributed by atoms with E-state index in [1.807, 2.05) is 29.2 Å². The molecule has 7 nitrogen and oxygen atoms in total. The number of para-hydroxylation sites is 1. The number of piperazine rings is 1. The van der Waals surface area contributed by atoms with Gasteiger partial charge in [0.1, 0.15) is 6.04 Å². The number of nitrogens with one attached hydrogen (secondary N) is 1. The van der Waals surface area contributed by atoms with E-state index < -0.39 is 6.04 Å². The van der Waals surface area contributed by atoms with E-state index in [2.05, 4.69) is 79.1 Å². The molecule has 0 aromatic heterocycles. The number of hydrogen-bond acceptors (Lipinski definition) is 5. The van der Waals surface area contributed by atoms with Crippen LogP contribution in [0, 0.1) is 5.92 Å². The topological polar surface area (TPSA) is 59.1 Å². The van der Waals surface area contributed by atoms with Gasteiger partial charge in [-0.1, -0.05) is 41.9 Å². The molecule has 2 aromatic rings. The summed E-state index contributed by atoms with van der Waals surface area (Å²) in [7, 11) is 4.15. The highest BCUT2D eigenvalue weighted by Gasteiger charge is 2.40. The molecule has 8 heteroatoms. The molecule has 0 radical (unpaired) electrons. The highest BCUT2D eigenvalue weighted by molar-refractivity contribution is 6.30. The normalized spacial score (nSPS) is 17.9. The molecule has 0 saturated carbocycles. The Hall–Kier alpha value is -2.61. The monoisotopic (exact) mass is 539 g/mol. The van der Waals surface area contributed by atoms with Crippen LogP contribution in [0.4, 0.5) is 5.69 Å². The molecule has 2 aliphatic heterocycles. The Morgan fingerprint density at radius 3 is 2.24 bits per heavy atom. The standard InChI is InChI=1S/C30H42ClN5O2/c1-30(2,3)36-20-24(21-36)28(37)32-26(18-22-10-12-25(31)13-11-22)29(38)35-16-14-34(15-17-35)27-9-7-6-8-23(27)19-33(4)5/h6-13,24,26H,14-21H2,1-5H3,(H,32,37)/t26-/m0/s1. The predicted molar refractivity (Wildman–Crippen MR) is 155 cm³/mol. The molecule has 0 bridgehead atoms. The number of likely N-dealkylation sites (tertiary alicyclic amines) is 1. The van der Waals surface area contributed by atoms with Crippen molar-refractivity contribution in [3.63, 3.8) is 0 Å². The third kappa shape index (κ3) is 7.07. The molecule has 2 heterocycles. The highest BCUT2D eigenvalue weighted by Crippen LogP contribution is 2.26. The summed E-state index contributed by atoms with van der Waals surface area (Å²) in [6.45, 7) is 11.6. The van der Waals surface area contributed by atoms with Gasteiger partial charge in [0.15, 0.2) is 0 Å². The van der Waals surface area contributed by atoms with E-state index in [9.17, 15) is 9.59 Å². The number of rotatable bonds is 8. The van der Waals surface area contributed by atoms with Crippen LogP contribution in [-0.4, -0.2) is 91.5 Å². The summed E-state index contributed by atoms with van der Waals surface area (Å²) in [6, 6.07) is 15.4. The minimum atomic E-state index is -0.597. The first kappa shape index (κ1) is 28.4. The number of anilines is 1. The van der Waals surface area contributed by atoms with Crippen molar-refractivity contribution in [1.29, 1.82) is 0 Å². The lowest BCUT2D eigenvalue weighted by molar-refractivity contribution is -0.140. The predicted octanol–water partition coefficient (Wildman–Crippen LogP) is 3.51. The second-order valence-electron chi connectivity index (χ2n) is 11.8. The fraction of sp³-hybridized carbons (Fsp3) is 0.533. The van der Waals surface area contributed by atoms with Crippen molar-refractivity contribution >= 4 is 29.1 Å². The van der Waals surface area contributed by atoms with Gasteiger partial charge in [0.2, 0.25) is 11.8 Å². The van der Waals surface area contributed by atoms with E-state index >= 15 is 0 Å². The van der Waals surface area contributed by atoms with Crippen LogP contribution in [0.15, 0.2) is 48.5 Å². The zero-order valence-electron chi connectivity index (χ0n) is 23.4. The SMILES string of the molecule is CN(C)Cc1ccccc1N1CCN(C(=O)[C@H](Cc2ccc(Cl)cc2)NC(=O)C2CN(C(C)(C)C)C2)CC1. The Morgan fingerprint density at radius 1 is 1.00 bits per heavy atom. The zero-order chi connectivity index (χ0) is 27.4. The van der Waals surface area contributed by atoms with Crippen LogP contribution in [0.5, 0.6) is 0 Å². The van der Waals surface area contributed by atoms with Crippen molar-refractivity contribution < 1.29 is 9.59 Å². The zero-order valence-corrected chi connectivity index (χ0v) is 24.2. The maximum Gasteiger partial charge on any atom is 0.245 e. The summed E-state index contributed by atoms with van der Waals surface area (Å²) >= 11 is 6.08. The number of carbonyl (C=O) groups is 2. The van der Waals surface area contributed by atoms with Gasteiger partial charge in [0.25, 0.3) is 0 Å². The molecule has 2 aliphatic rings. The maximum atomic E-state index is 13.8. The van der Waals surface area contributed by atoms with Crippen LogP contribution in [-0.2, 0) is 22.6 Å². The summed E-state index contributed by atoms with van der Waals surface area (Å²) in [4.78, 5) is 35.7. The van der Waals surface area contributed by atoms with E-state index in [-0.39, 0.29) is 23.3 Å². The Morgan fingerprint density at radius 2 is 1.63 bits per heavy atom. The summed E-state index contributed by atoms with van der Waals surface area (Å²) in [6.07, 6.45) is 0.448. The first-order valence-electron chi connectivity index (χ1n) is 13.6. The van der Waals surface area contributed by atoms with Gasteiger partial charge in [-0.05, 0) is 64.2 Å².